The maximum absolute atomic E-state index is 12.4. The zero-order valence-corrected chi connectivity index (χ0v) is 12.5. The Balaban J connectivity index is 2.16. The molecule has 3 heterocycles. The lowest BCUT2D eigenvalue weighted by atomic mass is 10.3. The largest absolute Gasteiger partial charge is 0.332 e. The van der Waals surface area contributed by atoms with Crippen molar-refractivity contribution in [3.63, 3.8) is 0 Å². The summed E-state index contributed by atoms with van der Waals surface area (Å²) in [6, 6.07) is 0. The molecule has 1 atom stereocenters. The van der Waals surface area contributed by atoms with Gasteiger partial charge in [-0.05, 0) is 6.92 Å². The monoisotopic (exact) mass is 292 g/mol. The Labute approximate surface area is 121 Å². The SMILES string of the molecule is CC(N1CCNCC1)n1cnc2c1c(=O)n(C)c(=O)n2C. The van der Waals surface area contributed by atoms with Crippen LogP contribution in [0.25, 0.3) is 11.2 Å². The van der Waals surface area contributed by atoms with E-state index in [4.69, 9.17) is 0 Å². The molecule has 0 aliphatic carbocycles. The summed E-state index contributed by atoms with van der Waals surface area (Å²) in [7, 11) is 3.13. The highest BCUT2D eigenvalue weighted by atomic mass is 16.2. The molecule has 8 nitrogen and oxygen atoms in total. The molecule has 1 saturated heterocycles. The van der Waals surface area contributed by atoms with E-state index in [9.17, 15) is 9.59 Å². The van der Waals surface area contributed by atoms with Crippen LogP contribution in [0.3, 0.4) is 0 Å². The van der Waals surface area contributed by atoms with E-state index in [0.29, 0.717) is 11.2 Å². The first-order valence-corrected chi connectivity index (χ1v) is 7.09. The maximum Gasteiger partial charge on any atom is 0.332 e. The molecule has 1 N–H and O–H groups in total. The van der Waals surface area contributed by atoms with Gasteiger partial charge in [-0.2, -0.15) is 0 Å². The zero-order valence-electron chi connectivity index (χ0n) is 12.5. The molecule has 3 rings (SSSR count). The van der Waals surface area contributed by atoms with Crippen molar-refractivity contribution in [2.75, 3.05) is 26.2 Å². The van der Waals surface area contributed by atoms with Crippen LogP contribution < -0.4 is 16.6 Å². The molecule has 0 spiro atoms. The molecule has 8 heteroatoms. The number of aromatic nitrogens is 4. The lowest BCUT2D eigenvalue weighted by Gasteiger charge is -2.33. The number of nitrogens with one attached hydrogen (secondary N) is 1. The van der Waals surface area contributed by atoms with Gasteiger partial charge in [0.15, 0.2) is 11.2 Å². The quantitative estimate of drug-likeness (QED) is 0.757. The van der Waals surface area contributed by atoms with Gasteiger partial charge < -0.3 is 9.88 Å². The van der Waals surface area contributed by atoms with Crippen LogP contribution in [0.15, 0.2) is 15.9 Å². The molecule has 2 aromatic rings. The van der Waals surface area contributed by atoms with Gasteiger partial charge in [-0.25, -0.2) is 9.78 Å². The average molecular weight is 292 g/mol. The second kappa shape index (κ2) is 5.12. The topological polar surface area (TPSA) is 77.1 Å². The fraction of sp³-hybridized carbons (Fsp3) is 0.615. The Kier molecular flexibility index (Phi) is 3.42. The molecule has 0 aromatic carbocycles. The summed E-state index contributed by atoms with van der Waals surface area (Å²) in [5.41, 5.74) is 0.260. The van der Waals surface area contributed by atoms with Crippen LogP contribution in [0.5, 0.6) is 0 Å². The number of hydrogen-bond donors (Lipinski definition) is 1. The molecule has 1 aliphatic heterocycles. The first-order valence-electron chi connectivity index (χ1n) is 7.09. The number of hydrogen-bond acceptors (Lipinski definition) is 5. The zero-order chi connectivity index (χ0) is 15.1. The molecule has 0 bridgehead atoms. The van der Waals surface area contributed by atoms with Gasteiger partial charge in [0, 0.05) is 40.3 Å². The Morgan fingerprint density at radius 2 is 1.86 bits per heavy atom. The third-order valence-corrected chi connectivity index (χ3v) is 4.26. The summed E-state index contributed by atoms with van der Waals surface area (Å²) in [6.45, 7) is 5.78. The van der Waals surface area contributed by atoms with Crippen molar-refractivity contribution in [1.82, 2.24) is 28.9 Å². The summed E-state index contributed by atoms with van der Waals surface area (Å²) >= 11 is 0. The van der Waals surface area contributed by atoms with Crippen molar-refractivity contribution < 1.29 is 0 Å². The highest BCUT2D eigenvalue weighted by Crippen LogP contribution is 2.17. The van der Waals surface area contributed by atoms with Gasteiger partial charge in [-0.1, -0.05) is 0 Å². The van der Waals surface area contributed by atoms with Gasteiger partial charge in [-0.15, -0.1) is 0 Å². The number of nitrogens with zero attached hydrogens (tertiary/aromatic N) is 5. The molecule has 114 valence electrons. The first kappa shape index (κ1) is 14.0. The maximum atomic E-state index is 12.4. The minimum absolute atomic E-state index is 0.0299. The lowest BCUT2D eigenvalue weighted by Crippen LogP contribution is -2.46. The van der Waals surface area contributed by atoms with Gasteiger partial charge >= 0.3 is 5.69 Å². The van der Waals surface area contributed by atoms with Crippen molar-refractivity contribution in [3.05, 3.63) is 27.2 Å². The van der Waals surface area contributed by atoms with E-state index in [0.717, 1.165) is 30.7 Å². The van der Waals surface area contributed by atoms with Crippen molar-refractivity contribution in [3.8, 4) is 0 Å². The van der Waals surface area contributed by atoms with Crippen molar-refractivity contribution >= 4 is 11.2 Å². The van der Waals surface area contributed by atoms with E-state index >= 15 is 0 Å². The normalized spacial score (nSPS) is 18.2. The summed E-state index contributed by atoms with van der Waals surface area (Å²) in [6.07, 6.45) is 1.68. The van der Waals surface area contributed by atoms with Crippen molar-refractivity contribution in [2.45, 2.75) is 13.1 Å². The lowest BCUT2D eigenvalue weighted by molar-refractivity contribution is 0.138. The predicted octanol–water partition coefficient (Wildman–Crippen LogP) is -1.14. The van der Waals surface area contributed by atoms with Gasteiger partial charge in [-0.3, -0.25) is 18.8 Å². The minimum Gasteiger partial charge on any atom is -0.314 e. The van der Waals surface area contributed by atoms with Gasteiger partial charge in [0.1, 0.15) is 0 Å². The van der Waals surface area contributed by atoms with E-state index in [1.165, 1.54) is 11.6 Å². The number of aryl methyl sites for hydroxylation is 1. The number of fused-ring (bicyclic) bond motifs is 1. The second-order valence-electron chi connectivity index (χ2n) is 5.45. The van der Waals surface area contributed by atoms with Crippen LogP contribution >= 0.6 is 0 Å². The smallest absolute Gasteiger partial charge is 0.314 e. The molecule has 1 unspecified atom stereocenters. The summed E-state index contributed by atoms with van der Waals surface area (Å²) in [5.74, 6) is 0. The molecule has 21 heavy (non-hydrogen) atoms. The summed E-state index contributed by atoms with van der Waals surface area (Å²) < 4.78 is 4.41. The highest BCUT2D eigenvalue weighted by molar-refractivity contribution is 5.70. The molecular weight excluding hydrogens is 272 g/mol. The van der Waals surface area contributed by atoms with E-state index < -0.39 is 0 Å². The number of rotatable bonds is 2. The summed E-state index contributed by atoms with van der Waals surface area (Å²) in [4.78, 5) is 30.9. The Morgan fingerprint density at radius 1 is 1.19 bits per heavy atom. The summed E-state index contributed by atoms with van der Waals surface area (Å²) in [5, 5.41) is 3.31. The van der Waals surface area contributed by atoms with Crippen molar-refractivity contribution in [1.29, 1.82) is 0 Å². The molecule has 0 saturated carbocycles. The third kappa shape index (κ3) is 2.11. The third-order valence-electron chi connectivity index (χ3n) is 4.26. The van der Waals surface area contributed by atoms with E-state index in [1.807, 2.05) is 4.57 Å². The highest BCUT2D eigenvalue weighted by Gasteiger charge is 2.22. The Bertz CT molecular complexity index is 780. The minimum atomic E-state index is -0.354. The van der Waals surface area contributed by atoms with Crippen molar-refractivity contribution in [2.24, 2.45) is 14.1 Å². The van der Waals surface area contributed by atoms with Crippen LogP contribution in [0.1, 0.15) is 13.1 Å². The Hall–Kier alpha value is -1.93. The van der Waals surface area contributed by atoms with Crippen LogP contribution in [0.2, 0.25) is 0 Å². The average Bonchev–Trinajstić information content (AvgIpc) is 2.96. The molecule has 2 aromatic heterocycles. The number of imidazole rings is 1. The second-order valence-corrected chi connectivity index (χ2v) is 5.45. The van der Waals surface area contributed by atoms with Gasteiger partial charge in [0.05, 0.1) is 12.5 Å². The van der Waals surface area contributed by atoms with Gasteiger partial charge in [0.2, 0.25) is 0 Å². The van der Waals surface area contributed by atoms with Gasteiger partial charge in [0.25, 0.3) is 5.56 Å². The number of piperazine rings is 1. The molecule has 0 amide bonds. The molecule has 0 radical (unpaired) electrons. The van der Waals surface area contributed by atoms with Crippen LogP contribution in [0, 0.1) is 0 Å². The molecule has 1 aliphatic rings. The predicted molar refractivity (Wildman–Crippen MR) is 79.4 cm³/mol. The standard InChI is InChI=1S/C13H20N6O2/c1-9(18-6-4-14-5-7-18)19-8-15-11-10(19)12(20)17(3)13(21)16(11)2/h8-9,14H,4-7H2,1-3H3. The first-order chi connectivity index (χ1) is 10.0. The fourth-order valence-corrected chi connectivity index (χ4v) is 2.88. The Morgan fingerprint density at radius 3 is 2.52 bits per heavy atom. The van der Waals surface area contributed by atoms with E-state index in [2.05, 4.69) is 22.1 Å². The van der Waals surface area contributed by atoms with E-state index in [-0.39, 0.29) is 17.4 Å². The van der Waals surface area contributed by atoms with Crippen LogP contribution in [-0.4, -0.2) is 49.8 Å². The van der Waals surface area contributed by atoms with Crippen LogP contribution in [0.4, 0.5) is 0 Å². The fourth-order valence-electron chi connectivity index (χ4n) is 2.88. The van der Waals surface area contributed by atoms with Crippen LogP contribution in [-0.2, 0) is 14.1 Å². The van der Waals surface area contributed by atoms with E-state index in [1.54, 1.807) is 13.4 Å². The molecule has 1 fully saturated rings. The molecular formula is C13H20N6O2.